The number of carbonyl (C=O) groups is 1. The Morgan fingerprint density at radius 3 is 2.48 bits per heavy atom. The molecular formula is C19H16F3N3O2. The van der Waals surface area contributed by atoms with Crippen LogP contribution < -0.4 is 0 Å². The lowest BCUT2D eigenvalue weighted by Crippen LogP contribution is -2.12. The quantitative estimate of drug-likeness (QED) is 0.734. The molecule has 140 valence electrons. The molecule has 27 heavy (non-hydrogen) atoms. The fourth-order valence-electron chi connectivity index (χ4n) is 3.17. The van der Waals surface area contributed by atoms with Gasteiger partial charge in [0.15, 0.2) is 5.65 Å². The Labute approximate surface area is 152 Å². The number of hydrogen-bond acceptors (Lipinski definition) is 3. The lowest BCUT2D eigenvalue weighted by atomic mass is 10.0. The van der Waals surface area contributed by atoms with Gasteiger partial charge in [-0.05, 0) is 25.8 Å². The second kappa shape index (κ2) is 6.07. The number of aryl methyl sites for hydroxylation is 1. The van der Waals surface area contributed by atoms with Crippen molar-refractivity contribution in [1.82, 2.24) is 14.8 Å². The Hall–Kier alpha value is -2.90. The van der Waals surface area contributed by atoms with E-state index < -0.39 is 24.3 Å². The molecule has 0 saturated heterocycles. The van der Waals surface area contributed by atoms with Crippen LogP contribution in [-0.4, -0.2) is 25.8 Å². The van der Waals surface area contributed by atoms with Crippen LogP contribution in [0.25, 0.3) is 22.3 Å². The molecule has 1 N–H and O–H groups in total. The molecule has 8 heteroatoms. The predicted octanol–water partition coefficient (Wildman–Crippen LogP) is 4.39. The van der Waals surface area contributed by atoms with Gasteiger partial charge in [-0.1, -0.05) is 29.8 Å². The van der Waals surface area contributed by atoms with Crippen molar-refractivity contribution in [3.05, 3.63) is 47.2 Å². The van der Waals surface area contributed by atoms with Gasteiger partial charge in [-0.3, -0.25) is 4.79 Å². The van der Waals surface area contributed by atoms with Crippen molar-refractivity contribution in [3.63, 3.8) is 0 Å². The van der Waals surface area contributed by atoms with Gasteiger partial charge in [0.2, 0.25) is 0 Å². The zero-order valence-electron chi connectivity index (χ0n) is 14.4. The Morgan fingerprint density at radius 2 is 1.93 bits per heavy atom. The van der Waals surface area contributed by atoms with Crippen molar-refractivity contribution in [2.75, 3.05) is 0 Å². The number of hydrogen-bond donors (Lipinski definition) is 1. The molecule has 1 aromatic carbocycles. The minimum Gasteiger partial charge on any atom is -0.480 e. The smallest absolute Gasteiger partial charge is 0.417 e. The summed E-state index contributed by atoms with van der Waals surface area (Å²) in [6.45, 7) is 1.34. The lowest BCUT2D eigenvalue weighted by Gasteiger charge is -2.12. The topological polar surface area (TPSA) is 68.0 Å². The van der Waals surface area contributed by atoms with E-state index in [9.17, 15) is 18.0 Å². The third-order valence-electron chi connectivity index (χ3n) is 4.63. The molecule has 2 heterocycles. The van der Waals surface area contributed by atoms with E-state index in [1.54, 1.807) is 24.3 Å². The van der Waals surface area contributed by atoms with Gasteiger partial charge in [-0.15, -0.1) is 0 Å². The van der Waals surface area contributed by atoms with E-state index in [4.69, 9.17) is 5.11 Å². The number of alkyl halides is 3. The minimum atomic E-state index is -4.60. The molecule has 0 amide bonds. The third kappa shape index (κ3) is 3.27. The van der Waals surface area contributed by atoms with Gasteiger partial charge in [-0.2, -0.15) is 18.3 Å². The standard InChI is InChI=1S/C19H16F3N3O2/c1-10-2-4-11(5-3-10)14-8-13(19(20,21)22)16-17(12-6-7-12)24-25(9-15(26)27)18(16)23-14/h2-5,8,12H,6-7,9H2,1H3,(H,26,27). The molecule has 0 spiro atoms. The fourth-order valence-corrected chi connectivity index (χ4v) is 3.17. The van der Waals surface area contributed by atoms with Crippen molar-refractivity contribution < 1.29 is 23.1 Å². The molecule has 0 aliphatic heterocycles. The molecule has 2 aromatic heterocycles. The highest BCUT2D eigenvalue weighted by molar-refractivity contribution is 5.87. The first kappa shape index (κ1) is 17.5. The second-order valence-corrected chi connectivity index (χ2v) is 6.83. The van der Waals surface area contributed by atoms with E-state index in [0.717, 1.165) is 29.2 Å². The molecule has 1 fully saturated rings. The molecule has 5 nitrogen and oxygen atoms in total. The normalized spacial score (nSPS) is 14.7. The summed E-state index contributed by atoms with van der Waals surface area (Å²) >= 11 is 0. The van der Waals surface area contributed by atoms with Gasteiger partial charge in [0.05, 0.1) is 22.3 Å². The van der Waals surface area contributed by atoms with E-state index in [-0.39, 0.29) is 22.6 Å². The van der Waals surface area contributed by atoms with Crippen LogP contribution in [0, 0.1) is 6.92 Å². The average Bonchev–Trinajstić information content (AvgIpc) is 3.37. The Kier molecular flexibility index (Phi) is 3.94. The van der Waals surface area contributed by atoms with E-state index in [1.807, 2.05) is 6.92 Å². The molecule has 0 atom stereocenters. The van der Waals surface area contributed by atoms with Crippen molar-refractivity contribution >= 4 is 17.0 Å². The number of nitrogens with zero attached hydrogens (tertiary/aromatic N) is 3. The number of fused-ring (bicyclic) bond motifs is 1. The number of aromatic nitrogens is 3. The van der Waals surface area contributed by atoms with Gasteiger partial charge in [0.1, 0.15) is 6.54 Å². The average molecular weight is 375 g/mol. The SMILES string of the molecule is Cc1ccc(-c2cc(C(F)(F)F)c3c(C4CC4)nn(CC(=O)O)c3n2)cc1. The van der Waals surface area contributed by atoms with Crippen molar-refractivity contribution in [2.24, 2.45) is 0 Å². The maximum absolute atomic E-state index is 13.8. The fraction of sp³-hybridized carbons (Fsp3) is 0.316. The van der Waals surface area contributed by atoms with Crippen LogP contribution in [0.2, 0.25) is 0 Å². The zero-order valence-corrected chi connectivity index (χ0v) is 14.4. The first-order valence-corrected chi connectivity index (χ1v) is 8.51. The van der Waals surface area contributed by atoms with Crippen LogP contribution in [0.5, 0.6) is 0 Å². The summed E-state index contributed by atoms with van der Waals surface area (Å²) in [4.78, 5) is 15.5. The Morgan fingerprint density at radius 1 is 1.26 bits per heavy atom. The molecule has 4 rings (SSSR count). The summed E-state index contributed by atoms with van der Waals surface area (Å²) in [5.41, 5.74) is 1.09. The highest BCUT2D eigenvalue weighted by Crippen LogP contribution is 2.46. The van der Waals surface area contributed by atoms with Gasteiger partial charge >= 0.3 is 12.1 Å². The highest BCUT2D eigenvalue weighted by Gasteiger charge is 2.39. The molecule has 3 aromatic rings. The zero-order chi connectivity index (χ0) is 19.3. The van der Waals surface area contributed by atoms with Gasteiger partial charge in [-0.25, -0.2) is 9.67 Å². The van der Waals surface area contributed by atoms with Gasteiger partial charge < -0.3 is 5.11 Å². The lowest BCUT2D eigenvalue weighted by molar-refractivity contribution is -0.138. The number of pyridine rings is 1. The van der Waals surface area contributed by atoms with Gasteiger partial charge in [0.25, 0.3) is 0 Å². The van der Waals surface area contributed by atoms with Crippen LogP contribution >= 0.6 is 0 Å². The summed E-state index contributed by atoms with van der Waals surface area (Å²) < 4.78 is 42.6. The molecule has 1 saturated carbocycles. The number of rotatable bonds is 4. The van der Waals surface area contributed by atoms with Gasteiger partial charge in [0, 0.05) is 11.5 Å². The van der Waals surface area contributed by atoms with Crippen LogP contribution in [0.3, 0.4) is 0 Å². The van der Waals surface area contributed by atoms with E-state index in [1.165, 1.54) is 0 Å². The number of carboxylic acids is 1. The summed E-state index contributed by atoms with van der Waals surface area (Å²) in [7, 11) is 0. The first-order valence-electron chi connectivity index (χ1n) is 8.51. The van der Waals surface area contributed by atoms with Crippen LogP contribution in [0.15, 0.2) is 30.3 Å². The number of carboxylic acid groups (broad SMARTS) is 1. The summed E-state index contributed by atoms with van der Waals surface area (Å²) in [5, 5.41) is 13.2. The maximum Gasteiger partial charge on any atom is 0.417 e. The van der Waals surface area contributed by atoms with Crippen molar-refractivity contribution in [3.8, 4) is 11.3 Å². The molecule has 0 radical (unpaired) electrons. The molecule has 0 unspecified atom stereocenters. The van der Waals surface area contributed by atoms with Crippen molar-refractivity contribution in [2.45, 2.75) is 38.4 Å². The number of aliphatic carboxylic acids is 1. The first-order chi connectivity index (χ1) is 12.7. The summed E-state index contributed by atoms with van der Waals surface area (Å²) in [6, 6.07) is 8.01. The minimum absolute atomic E-state index is 0.0373. The largest absolute Gasteiger partial charge is 0.480 e. The van der Waals surface area contributed by atoms with Crippen LogP contribution in [0.4, 0.5) is 13.2 Å². The predicted molar refractivity (Wildman–Crippen MR) is 92.3 cm³/mol. The molecule has 1 aliphatic carbocycles. The second-order valence-electron chi connectivity index (χ2n) is 6.83. The van der Waals surface area contributed by atoms with Crippen molar-refractivity contribution in [1.29, 1.82) is 0 Å². The van der Waals surface area contributed by atoms with Crippen LogP contribution in [0.1, 0.15) is 35.6 Å². The monoisotopic (exact) mass is 375 g/mol. The molecule has 0 bridgehead atoms. The maximum atomic E-state index is 13.8. The third-order valence-corrected chi connectivity index (χ3v) is 4.63. The van der Waals surface area contributed by atoms with E-state index >= 15 is 0 Å². The Bertz CT molecular complexity index is 1040. The van der Waals surface area contributed by atoms with E-state index in [2.05, 4.69) is 10.1 Å². The summed E-state index contributed by atoms with van der Waals surface area (Å²) in [6.07, 6.45) is -3.10. The highest BCUT2D eigenvalue weighted by atomic mass is 19.4. The number of benzene rings is 1. The molecular weight excluding hydrogens is 359 g/mol. The van der Waals surface area contributed by atoms with E-state index in [0.29, 0.717) is 11.3 Å². The van der Waals surface area contributed by atoms with Crippen LogP contribution in [-0.2, 0) is 17.5 Å². The molecule has 1 aliphatic rings. The number of halogens is 3. The summed E-state index contributed by atoms with van der Waals surface area (Å²) in [5.74, 6) is -1.26. The Balaban J connectivity index is 2.02.